The summed E-state index contributed by atoms with van der Waals surface area (Å²) in [7, 11) is 4.25. The van der Waals surface area contributed by atoms with E-state index in [9.17, 15) is 19.2 Å². The molecule has 16 nitrogen and oxygen atoms in total. The van der Waals surface area contributed by atoms with E-state index >= 15 is 0 Å². The summed E-state index contributed by atoms with van der Waals surface area (Å²) in [6.45, 7) is 11.1. The number of imidazole rings is 2. The Kier molecular flexibility index (Phi) is 12.4. The number of methoxy groups -OCH3 is 3. The number of nitrogens with zero attached hydrogens (tertiary/aromatic N) is 4. The molecule has 7 atom stereocenters. The number of fused-ring (bicyclic) bond motifs is 6. The summed E-state index contributed by atoms with van der Waals surface area (Å²) >= 11 is 0. The fourth-order valence-corrected chi connectivity index (χ4v) is 9.60. The fourth-order valence-electron chi connectivity index (χ4n) is 9.60. The number of hydrogen-bond donors (Lipinski definition) is 4. The molecule has 0 bridgehead atoms. The van der Waals surface area contributed by atoms with Gasteiger partial charge in [0.05, 0.1) is 55.8 Å². The van der Waals surface area contributed by atoms with Crippen molar-refractivity contribution in [1.29, 1.82) is 0 Å². The van der Waals surface area contributed by atoms with Crippen LogP contribution in [0.4, 0.5) is 9.59 Å². The molecule has 0 radical (unpaired) electrons. The number of nitrogens with one attached hydrogen (secondary N) is 4. The molecule has 2 aromatic heterocycles. The highest BCUT2D eigenvalue weighted by Gasteiger charge is 2.43. The minimum Gasteiger partial charge on any atom is -0.488 e. The Morgan fingerprint density at radius 2 is 1.65 bits per heavy atom. The van der Waals surface area contributed by atoms with Crippen molar-refractivity contribution in [2.45, 2.75) is 97.1 Å². The molecule has 4 amide bonds. The van der Waals surface area contributed by atoms with Gasteiger partial charge in [0.25, 0.3) is 0 Å². The average Bonchev–Trinajstić information content (AvgIpc) is 4.11. The summed E-state index contributed by atoms with van der Waals surface area (Å²) in [5.41, 5.74) is 6.52. The molecule has 3 aromatic carbocycles. The molecule has 8 rings (SSSR count). The summed E-state index contributed by atoms with van der Waals surface area (Å²) in [4.78, 5) is 73.1. The van der Waals surface area contributed by atoms with Crippen LogP contribution in [0.1, 0.15) is 89.6 Å². The van der Waals surface area contributed by atoms with Crippen LogP contribution in [0.2, 0.25) is 0 Å². The Hall–Kier alpha value is -6.16. The van der Waals surface area contributed by atoms with Gasteiger partial charge < -0.3 is 49.3 Å². The van der Waals surface area contributed by atoms with E-state index < -0.39 is 24.3 Å². The highest BCUT2D eigenvalue weighted by atomic mass is 16.5. The van der Waals surface area contributed by atoms with Gasteiger partial charge in [-0.3, -0.25) is 9.59 Å². The van der Waals surface area contributed by atoms with Gasteiger partial charge in [-0.25, -0.2) is 19.6 Å². The van der Waals surface area contributed by atoms with E-state index in [2.05, 4.69) is 57.0 Å². The van der Waals surface area contributed by atoms with E-state index in [1.165, 1.54) is 14.2 Å². The number of aromatic nitrogens is 4. The molecule has 3 aliphatic rings. The molecule has 3 aliphatic heterocycles. The van der Waals surface area contributed by atoms with Crippen LogP contribution in [0.5, 0.6) is 5.75 Å². The summed E-state index contributed by atoms with van der Waals surface area (Å²) in [6.07, 6.45) is 3.46. The van der Waals surface area contributed by atoms with Crippen molar-refractivity contribution in [3.63, 3.8) is 0 Å². The molecule has 334 valence electrons. The zero-order valence-electron chi connectivity index (χ0n) is 37.2. The van der Waals surface area contributed by atoms with Gasteiger partial charge in [-0.1, -0.05) is 52.3 Å². The van der Waals surface area contributed by atoms with Crippen LogP contribution in [0.15, 0.2) is 48.7 Å². The first kappa shape index (κ1) is 43.5. The lowest BCUT2D eigenvalue weighted by molar-refractivity contribution is -0.137. The van der Waals surface area contributed by atoms with Crippen molar-refractivity contribution in [2.75, 3.05) is 34.5 Å². The van der Waals surface area contributed by atoms with Gasteiger partial charge in [-0.05, 0) is 84.4 Å². The van der Waals surface area contributed by atoms with Gasteiger partial charge in [-0.15, -0.1) is 0 Å². The number of ether oxygens (including phenoxy) is 4. The number of carbonyl (C=O) groups excluding carboxylic acids is 4. The third-order valence-electron chi connectivity index (χ3n) is 13.2. The first-order valence-corrected chi connectivity index (χ1v) is 21.9. The number of rotatable bonds is 12. The Morgan fingerprint density at radius 1 is 0.889 bits per heavy atom. The molecule has 2 saturated heterocycles. The molecule has 2 fully saturated rings. The fraction of sp³-hybridized carbons (Fsp3) is 0.489. The predicted octanol–water partition coefficient (Wildman–Crippen LogP) is 7.40. The van der Waals surface area contributed by atoms with Gasteiger partial charge in [-0.2, -0.15) is 0 Å². The normalized spacial score (nSPS) is 20.8. The second-order valence-electron chi connectivity index (χ2n) is 17.6. The minimum absolute atomic E-state index is 0.0204. The molecule has 0 spiro atoms. The van der Waals surface area contributed by atoms with Crippen molar-refractivity contribution in [1.82, 2.24) is 40.4 Å². The number of aromatic amines is 2. The number of hydrogen-bond acceptors (Lipinski definition) is 10. The number of benzene rings is 3. The molecule has 16 heteroatoms. The zero-order chi connectivity index (χ0) is 44.7. The number of amides is 4. The van der Waals surface area contributed by atoms with E-state index in [1.807, 2.05) is 56.7 Å². The molecule has 4 N–H and O–H groups in total. The number of likely N-dealkylation sites (tertiary alicyclic amines) is 2. The van der Waals surface area contributed by atoms with Crippen LogP contribution in [0.3, 0.4) is 0 Å². The Bertz CT molecular complexity index is 2530. The Morgan fingerprint density at radius 3 is 2.37 bits per heavy atom. The molecular weight excluding hydrogens is 805 g/mol. The summed E-state index contributed by atoms with van der Waals surface area (Å²) < 4.78 is 21.7. The smallest absolute Gasteiger partial charge is 0.407 e. The molecule has 5 heterocycles. The minimum atomic E-state index is -0.748. The maximum absolute atomic E-state index is 14.2. The van der Waals surface area contributed by atoms with Crippen molar-refractivity contribution in [2.24, 2.45) is 17.8 Å². The summed E-state index contributed by atoms with van der Waals surface area (Å²) in [5.74, 6) is 1.67. The average molecular weight is 863 g/mol. The SMILES string of the molecule is CC[C@H](C)[C@H](NC(=O)OC)C(=O)N1C[C@@H](COC)C[C@H]1c1nc2ccc3cc4c(cc3c2[nH]1)OCc1cc(-c2cnc([C@@H]3CC[C@H](C)N3C(=O)[C@@H](NC(=O)OC)C(C)C)[nH]2)ccc1-4. The van der Waals surface area contributed by atoms with Crippen molar-refractivity contribution in [3.05, 3.63) is 65.9 Å². The second kappa shape index (κ2) is 17.9. The molecule has 63 heavy (non-hydrogen) atoms. The van der Waals surface area contributed by atoms with E-state index in [-0.39, 0.29) is 47.7 Å². The van der Waals surface area contributed by atoms with Gasteiger partial charge in [0.1, 0.15) is 36.1 Å². The van der Waals surface area contributed by atoms with Crippen molar-refractivity contribution >= 4 is 45.8 Å². The molecule has 0 unspecified atom stereocenters. The van der Waals surface area contributed by atoms with Gasteiger partial charge in [0, 0.05) is 36.6 Å². The maximum Gasteiger partial charge on any atom is 0.407 e. The number of carbonyl (C=O) groups is 4. The monoisotopic (exact) mass is 862 g/mol. The van der Waals surface area contributed by atoms with E-state index in [0.29, 0.717) is 44.2 Å². The first-order chi connectivity index (χ1) is 30.3. The lowest BCUT2D eigenvalue weighted by Gasteiger charge is -2.32. The van der Waals surface area contributed by atoms with E-state index in [1.54, 1.807) is 7.11 Å². The van der Waals surface area contributed by atoms with Crippen LogP contribution < -0.4 is 15.4 Å². The topological polar surface area (TPSA) is 193 Å². The van der Waals surface area contributed by atoms with E-state index in [4.69, 9.17) is 28.9 Å². The van der Waals surface area contributed by atoms with E-state index in [0.717, 1.165) is 68.3 Å². The number of H-pyrrole nitrogens is 2. The number of alkyl carbamates (subject to hydrolysis) is 2. The standard InChI is InChI=1S/C47H58N8O8/c1-9-25(4)40(53-47(59)62-8)44(56)54-21-27(22-60-6)16-37(54)43-49-34-14-12-28-18-33-31-13-11-29(17-30(31)23-63-38(33)19-32(28)41(34)51-43)35-20-48-42(50-35)36-15-10-26(5)55(36)45(57)39(24(2)3)52-46(58)61-7/h11-14,17-20,24-27,36-37,39-40H,9-10,15-16,21-23H2,1-8H3,(H,48,50)(H,49,51)(H,52,58)(H,53,59)/t25-,26-,27-,36-,37-,39-,40-/m0/s1. The van der Waals surface area contributed by atoms with Crippen LogP contribution >= 0.6 is 0 Å². The highest BCUT2D eigenvalue weighted by Crippen LogP contribution is 2.44. The quantitative estimate of drug-likeness (QED) is 0.0982. The van der Waals surface area contributed by atoms with Gasteiger partial charge in [0.2, 0.25) is 11.8 Å². The van der Waals surface area contributed by atoms with Crippen LogP contribution in [0, 0.1) is 17.8 Å². The van der Waals surface area contributed by atoms with Crippen LogP contribution in [0.25, 0.3) is 44.2 Å². The maximum atomic E-state index is 14.2. The van der Waals surface area contributed by atoms with Gasteiger partial charge >= 0.3 is 12.2 Å². The van der Waals surface area contributed by atoms with Crippen molar-refractivity contribution in [3.8, 4) is 28.1 Å². The predicted molar refractivity (Wildman–Crippen MR) is 237 cm³/mol. The summed E-state index contributed by atoms with van der Waals surface area (Å²) in [6, 6.07) is 12.5. The zero-order valence-corrected chi connectivity index (χ0v) is 37.2. The van der Waals surface area contributed by atoms with Crippen LogP contribution in [-0.2, 0) is 30.4 Å². The largest absolute Gasteiger partial charge is 0.488 e. The lowest BCUT2D eigenvalue weighted by Crippen LogP contribution is -2.52. The van der Waals surface area contributed by atoms with Gasteiger partial charge in [0.15, 0.2) is 0 Å². The lowest BCUT2D eigenvalue weighted by atomic mass is 9.92. The highest BCUT2D eigenvalue weighted by molar-refractivity contribution is 6.07. The Balaban J connectivity index is 1.05. The third-order valence-corrected chi connectivity index (χ3v) is 13.2. The molecule has 5 aromatic rings. The molecule has 0 aliphatic carbocycles. The first-order valence-electron chi connectivity index (χ1n) is 21.9. The Labute approximate surface area is 366 Å². The molecule has 0 saturated carbocycles. The third kappa shape index (κ3) is 8.28. The second-order valence-corrected chi connectivity index (χ2v) is 17.6. The van der Waals surface area contributed by atoms with Crippen molar-refractivity contribution < 1.29 is 38.1 Å². The summed E-state index contributed by atoms with van der Waals surface area (Å²) in [5, 5.41) is 7.48. The van der Waals surface area contributed by atoms with Crippen LogP contribution in [-0.4, -0.2) is 106 Å². The molecular formula is C47H58N8O8.